The molecule has 0 aromatic carbocycles. The Morgan fingerprint density at radius 1 is 0.889 bits per heavy atom. The molecule has 0 saturated heterocycles. The van der Waals surface area contributed by atoms with E-state index < -0.39 is 0 Å². The van der Waals surface area contributed by atoms with Crippen LogP contribution in [0.15, 0.2) is 0 Å². The molecule has 0 aliphatic rings. The molecule has 0 unspecified atom stereocenters. The molecule has 0 heterocycles. The van der Waals surface area contributed by atoms with E-state index in [1.165, 1.54) is 0 Å². The first-order chi connectivity index (χ1) is 4.13. The first kappa shape index (κ1) is 10.5. The van der Waals surface area contributed by atoms with Crippen molar-refractivity contribution in [1.29, 1.82) is 0 Å². The van der Waals surface area contributed by atoms with Crippen molar-refractivity contribution in [1.82, 2.24) is 0 Å². The third kappa shape index (κ3) is 9.50. The molecule has 0 N–H and O–H groups in total. The summed E-state index contributed by atoms with van der Waals surface area (Å²) in [5.41, 5.74) is 0. The van der Waals surface area contributed by atoms with Gasteiger partial charge in [0.25, 0.3) is 0 Å². The Bertz CT molecular complexity index is 56.1. The topological polar surface area (TPSA) is 0 Å². The van der Waals surface area contributed by atoms with Crippen LogP contribution in [-0.4, -0.2) is 28.9 Å². The van der Waals surface area contributed by atoms with Gasteiger partial charge in [0.1, 0.15) is 0 Å². The van der Waals surface area contributed by atoms with E-state index in [1.54, 1.807) is 0 Å². The summed E-state index contributed by atoms with van der Waals surface area (Å²) in [5, 5.41) is 1.73. The number of hydrogen-bond donors (Lipinski definition) is 0. The molecule has 0 nitrogen and oxygen atoms in total. The Balaban J connectivity index is 2.91. The van der Waals surface area contributed by atoms with E-state index in [9.17, 15) is 0 Å². The molecule has 0 aromatic heterocycles. The van der Waals surface area contributed by atoms with Gasteiger partial charge in [0.15, 0.2) is 0 Å². The SMILES string of the molecule is CC(C)[S][Sn][S]C(C)C. The second kappa shape index (κ2) is 6.22. The van der Waals surface area contributed by atoms with Crippen LogP contribution < -0.4 is 0 Å². The van der Waals surface area contributed by atoms with Crippen molar-refractivity contribution in [2.24, 2.45) is 0 Å². The van der Waals surface area contributed by atoms with Gasteiger partial charge in [-0.3, -0.25) is 0 Å². The van der Waals surface area contributed by atoms with Crippen molar-refractivity contribution in [3.05, 3.63) is 0 Å². The summed E-state index contributed by atoms with van der Waals surface area (Å²) in [6, 6.07) is 0. The molecule has 9 heavy (non-hydrogen) atoms. The first-order valence-electron chi connectivity index (χ1n) is 3.19. The van der Waals surface area contributed by atoms with Gasteiger partial charge in [0.2, 0.25) is 0 Å². The van der Waals surface area contributed by atoms with Crippen LogP contribution >= 0.6 is 17.9 Å². The van der Waals surface area contributed by atoms with E-state index in [2.05, 4.69) is 45.6 Å². The van der Waals surface area contributed by atoms with Crippen LogP contribution in [0.1, 0.15) is 27.7 Å². The summed E-state index contributed by atoms with van der Waals surface area (Å²) in [7, 11) is 4.39. The minimum atomic E-state index is -0.0957. The fourth-order valence-electron chi connectivity index (χ4n) is 0.220. The first-order valence-corrected chi connectivity index (χ1v) is 11.9. The molecule has 2 radical (unpaired) electrons. The van der Waals surface area contributed by atoms with Crippen LogP contribution in [0, 0.1) is 0 Å². The molecule has 54 valence electrons. The molecule has 0 fully saturated rings. The third-order valence-corrected chi connectivity index (χ3v) is 15.3. The Kier molecular flexibility index (Phi) is 7.26. The summed E-state index contributed by atoms with van der Waals surface area (Å²) in [5.74, 6) is 0. The maximum absolute atomic E-state index is 2.28. The van der Waals surface area contributed by atoms with Crippen molar-refractivity contribution in [2.75, 3.05) is 0 Å². The number of hydrogen-bond acceptors (Lipinski definition) is 2. The maximum atomic E-state index is 2.28. The van der Waals surface area contributed by atoms with Crippen molar-refractivity contribution < 1.29 is 0 Å². The second-order valence-electron chi connectivity index (χ2n) is 2.42. The van der Waals surface area contributed by atoms with Crippen molar-refractivity contribution in [2.45, 2.75) is 38.2 Å². The number of rotatable bonds is 4. The monoisotopic (exact) mass is 270 g/mol. The third-order valence-electron chi connectivity index (χ3n) is 0.568. The molecule has 0 atom stereocenters. The summed E-state index contributed by atoms with van der Waals surface area (Å²) < 4.78 is 0. The quantitative estimate of drug-likeness (QED) is 0.720. The van der Waals surface area contributed by atoms with Crippen LogP contribution in [0.2, 0.25) is 0 Å². The van der Waals surface area contributed by atoms with Crippen molar-refractivity contribution in [3.8, 4) is 0 Å². The fraction of sp³-hybridized carbons (Fsp3) is 1.00. The van der Waals surface area contributed by atoms with Crippen molar-refractivity contribution in [3.63, 3.8) is 0 Å². The van der Waals surface area contributed by atoms with Gasteiger partial charge in [0.05, 0.1) is 0 Å². The Morgan fingerprint density at radius 3 is 1.44 bits per heavy atom. The van der Waals surface area contributed by atoms with E-state index >= 15 is 0 Å². The standard InChI is InChI=1S/2C3H8S.Sn/c2*1-3(2)4;/h2*3-4H,1-2H3;/q;;+2/p-2. The molecule has 0 rings (SSSR count). The molecule has 0 saturated carbocycles. The molecule has 0 spiro atoms. The molecule has 0 aliphatic heterocycles. The average Bonchev–Trinajstić information content (AvgIpc) is 1.63. The molecule has 0 bridgehead atoms. The van der Waals surface area contributed by atoms with E-state index in [4.69, 9.17) is 0 Å². The zero-order chi connectivity index (χ0) is 7.28. The predicted octanol–water partition coefficient (Wildman–Crippen LogP) is 2.80. The van der Waals surface area contributed by atoms with Gasteiger partial charge in [-0.1, -0.05) is 0 Å². The summed E-state index contributed by atoms with van der Waals surface area (Å²) in [6.07, 6.45) is 0. The van der Waals surface area contributed by atoms with E-state index in [0.29, 0.717) is 0 Å². The molecular weight excluding hydrogens is 255 g/mol. The van der Waals surface area contributed by atoms with Crippen LogP contribution in [0.25, 0.3) is 0 Å². The van der Waals surface area contributed by atoms with Gasteiger partial charge < -0.3 is 0 Å². The van der Waals surface area contributed by atoms with Crippen LogP contribution in [0.3, 0.4) is 0 Å². The van der Waals surface area contributed by atoms with E-state index in [-0.39, 0.29) is 18.4 Å². The molecule has 0 amide bonds. The summed E-state index contributed by atoms with van der Waals surface area (Å²) in [4.78, 5) is 0. The Hall–Kier alpha value is 1.50. The Labute approximate surface area is 74.1 Å². The van der Waals surface area contributed by atoms with Gasteiger partial charge >= 0.3 is 74.5 Å². The molecular formula is C6H14S2Sn. The van der Waals surface area contributed by atoms with Gasteiger partial charge in [0, 0.05) is 0 Å². The minimum absolute atomic E-state index is 0.0957. The predicted molar refractivity (Wildman–Crippen MR) is 51.2 cm³/mol. The van der Waals surface area contributed by atoms with Gasteiger partial charge in [-0.2, -0.15) is 0 Å². The summed E-state index contributed by atoms with van der Waals surface area (Å²) in [6.45, 7) is 9.14. The zero-order valence-corrected chi connectivity index (χ0v) is 11.0. The molecule has 3 heteroatoms. The summed E-state index contributed by atoms with van der Waals surface area (Å²) >= 11 is -0.0957. The van der Waals surface area contributed by atoms with E-state index in [0.717, 1.165) is 10.5 Å². The molecule has 0 aliphatic carbocycles. The molecule has 0 aromatic rings. The fourth-order valence-corrected chi connectivity index (χ4v) is 13.3. The van der Waals surface area contributed by atoms with Gasteiger partial charge in [-0.15, -0.1) is 0 Å². The zero-order valence-electron chi connectivity index (χ0n) is 6.47. The van der Waals surface area contributed by atoms with Gasteiger partial charge in [-0.25, -0.2) is 0 Å². The van der Waals surface area contributed by atoms with Crippen LogP contribution in [-0.2, 0) is 0 Å². The second-order valence-corrected chi connectivity index (χ2v) is 13.8. The van der Waals surface area contributed by atoms with E-state index in [1.807, 2.05) is 0 Å². The van der Waals surface area contributed by atoms with Crippen LogP contribution in [0.4, 0.5) is 0 Å². The average molecular weight is 269 g/mol. The Morgan fingerprint density at radius 2 is 1.22 bits per heavy atom. The van der Waals surface area contributed by atoms with Crippen LogP contribution in [0.5, 0.6) is 0 Å². The normalized spacial score (nSPS) is 11.3. The van der Waals surface area contributed by atoms with Crippen molar-refractivity contribution >= 4 is 36.3 Å². The van der Waals surface area contributed by atoms with Gasteiger partial charge in [-0.05, 0) is 0 Å².